The fourth-order valence-corrected chi connectivity index (χ4v) is 3.28. The molecule has 7 heteroatoms. The van der Waals surface area contributed by atoms with E-state index in [0.29, 0.717) is 15.8 Å². The molecule has 1 aromatic heterocycles. The number of para-hydroxylation sites is 1. The largest absolute Gasteiger partial charge is 0.457 e. The topological polar surface area (TPSA) is 80.9 Å². The summed E-state index contributed by atoms with van der Waals surface area (Å²) >= 11 is 1.27. The minimum atomic E-state index is -0.566. The zero-order valence-corrected chi connectivity index (χ0v) is 15.3. The molecule has 28 heavy (non-hydrogen) atoms. The Morgan fingerprint density at radius 1 is 1.04 bits per heavy atom. The smallest absolute Gasteiger partial charge is 0.379 e. The number of furan rings is 1. The first-order valence-electron chi connectivity index (χ1n) is 8.38. The van der Waals surface area contributed by atoms with Crippen molar-refractivity contribution < 1.29 is 18.7 Å². The van der Waals surface area contributed by atoms with Crippen LogP contribution >= 0.6 is 11.8 Å². The SMILES string of the molecule is O=C1NC(=Nc2ccccc2)S/C1=C/c1ccc(OC(=O)c2ccco2)cc1. The van der Waals surface area contributed by atoms with Crippen molar-refractivity contribution in [2.75, 3.05) is 0 Å². The molecule has 2 heterocycles. The van der Waals surface area contributed by atoms with Gasteiger partial charge in [-0.3, -0.25) is 4.79 Å². The summed E-state index contributed by atoms with van der Waals surface area (Å²) in [6, 6.07) is 19.4. The van der Waals surface area contributed by atoms with Gasteiger partial charge in [0, 0.05) is 0 Å². The highest BCUT2D eigenvalue weighted by molar-refractivity contribution is 8.18. The number of benzene rings is 2. The van der Waals surface area contributed by atoms with Gasteiger partial charge in [-0.2, -0.15) is 0 Å². The van der Waals surface area contributed by atoms with Crippen LogP contribution in [0.4, 0.5) is 5.69 Å². The van der Waals surface area contributed by atoms with E-state index in [9.17, 15) is 9.59 Å². The Labute approximate surface area is 164 Å². The number of nitrogens with zero attached hydrogens (tertiary/aromatic N) is 1. The van der Waals surface area contributed by atoms with Crippen LogP contribution < -0.4 is 10.1 Å². The summed E-state index contributed by atoms with van der Waals surface area (Å²) in [4.78, 5) is 29.0. The van der Waals surface area contributed by atoms with E-state index in [0.717, 1.165) is 11.3 Å². The molecule has 2 aromatic carbocycles. The number of amides is 1. The summed E-state index contributed by atoms with van der Waals surface area (Å²) in [6.45, 7) is 0. The van der Waals surface area contributed by atoms with Gasteiger partial charge in [0.1, 0.15) is 5.75 Å². The Morgan fingerprint density at radius 2 is 1.82 bits per heavy atom. The van der Waals surface area contributed by atoms with Crippen LogP contribution in [0.3, 0.4) is 0 Å². The molecule has 4 rings (SSSR count). The summed E-state index contributed by atoms with van der Waals surface area (Å²) in [5.74, 6) is -0.245. The predicted molar refractivity (Wildman–Crippen MR) is 107 cm³/mol. The summed E-state index contributed by atoms with van der Waals surface area (Å²) in [6.07, 6.45) is 3.16. The van der Waals surface area contributed by atoms with Gasteiger partial charge < -0.3 is 14.5 Å². The van der Waals surface area contributed by atoms with Crippen LogP contribution in [0.2, 0.25) is 0 Å². The van der Waals surface area contributed by atoms with Crippen LogP contribution in [-0.2, 0) is 4.79 Å². The maximum absolute atomic E-state index is 12.2. The van der Waals surface area contributed by atoms with Gasteiger partial charge in [0.2, 0.25) is 5.76 Å². The molecule has 1 amide bonds. The molecule has 1 aliphatic rings. The van der Waals surface area contributed by atoms with Crippen molar-refractivity contribution in [2.24, 2.45) is 4.99 Å². The van der Waals surface area contributed by atoms with Gasteiger partial charge in [-0.05, 0) is 59.8 Å². The molecule has 138 valence electrons. The van der Waals surface area contributed by atoms with Crippen molar-refractivity contribution >= 4 is 40.6 Å². The highest BCUT2D eigenvalue weighted by atomic mass is 32.2. The lowest BCUT2D eigenvalue weighted by Crippen LogP contribution is -2.19. The molecule has 0 aliphatic carbocycles. The highest BCUT2D eigenvalue weighted by Crippen LogP contribution is 2.28. The number of nitrogens with one attached hydrogen (secondary N) is 1. The average molecular weight is 390 g/mol. The molecular weight excluding hydrogens is 376 g/mol. The van der Waals surface area contributed by atoms with E-state index < -0.39 is 5.97 Å². The molecule has 1 aliphatic heterocycles. The molecule has 6 nitrogen and oxygen atoms in total. The van der Waals surface area contributed by atoms with Crippen LogP contribution in [0.15, 0.2) is 87.3 Å². The van der Waals surface area contributed by atoms with Crippen molar-refractivity contribution in [1.82, 2.24) is 5.32 Å². The van der Waals surface area contributed by atoms with Crippen molar-refractivity contribution in [3.05, 3.63) is 89.2 Å². The molecule has 0 atom stereocenters. The van der Waals surface area contributed by atoms with Crippen molar-refractivity contribution in [3.63, 3.8) is 0 Å². The quantitative estimate of drug-likeness (QED) is 0.406. The van der Waals surface area contributed by atoms with Crippen LogP contribution in [0.1, 0.15) is 16.1 Å². The third kappa shape index (κ3) is 4.21. The number of rotatable bonds is 4. The molecule has 1 fully saturated rings. The van der Waals surface area contributed by atoms with E-state index in [1.54, 1.807) is 36.4 Å². The van der Waals surface area contributed by atoms with Crippen LogP contribution in [0, 0.1) is 0 Å². The maximum atomic E-state index is 12.2. The molecule has 3 aromatic rings. The fourth-order valence-electron chi connectivity index (χ4n) is 2.44. The second kappa shape index (κ2) is 7.98. The number of esters is 1. The molecule has 0 spiro atoms. The fraction of sp³-hybridized carbons (Fsp3) is 0. The number of ether oxygens (including phenoxy) is 1. The van der Waals surface area contributed by atoms with E-state index in [4.69, 9.17) is 9.15 Å². The Bertz CT molecular complexity index is 1060. The van der Waals surface area contributed by atoms with Crippen molar-refractivity contribution in [2.45, 2.75) is 0 Å². The van der Waals surface area contributed by atoms with E-state index in [2.05, 4.69) is 10.3 Å². The Balaban J connectivity index is 1.44. The van der Waals surface area contributed by atoms with Crippen molar-refractivity contribution in [3.8, 4) is 5.75 Å². The van der Waals surface area contributed by atoms with E-state index in [-0.39, 0.29) is 11.7 Å². The monoisotopic (exact) mass is 390 g/mol. The molecule has 0 bridgehead atoms. The van der Waals surface area contributed by atoms with Gasteiger partial charge in [-0.1, -0.05) is 30.3 Å². The van der Waals surface area contributed by atoms with Crippen molar-refractivity contribution in [1.29, 1.82) is 0 Å². The van der Waals surface area contributed by atoms with E-state index in [1.165, 1.54) is 24.1 Å². The standard InChI is InChI=1S/C21H14N2O4S/c24-19-18(28-21(23-19)22-15-5-2-1-3-6-15)13-14-8-10-16(11-9-14)27-20(25)17-7-4-12-26-17/h1-13H,(H,22,23,24)/b18-13+. The molecule has 1 saturated heterocycles. The lowest BCUT2D eigenvalue weighted by Gasteiger charge is -2.02. The summed E-state index contributed by atoms with van der Waals surface area (Å²) in [5.41, 5.74) is 1.57. The first-order chi connectivity index (χ1) is 13.7. The number of hydrogen-bond donors (Lipinski definition) is 1. The molecule has 0 saturated carbocycles. The molecule has 0 radical (unpaired) electrons. The molecule has 0 unspecified atom stereocenters. The highest BCUT2D eigenvalue weighted by Gasteiger charge is 2.23. The second-order valence-corrected chi connectivity index (χ2v) is 6.78. The Kier molecular flexibility index (Phi) is 5.07. The predicted octanol–water partition coefficient (Wildman–Crippen LogP) is 4.39. The van der Waals surface area contributed by atoms with Gasteiger partial charge in [0.25, 0.3) is 5.91 Å². The molecular formula is C21H14N2O4S. The third-order valence-electron chi connectivity index (χ3n) is 3.75. The third-order valence-corrected chi connectivity index (χ3v) is 4.66. The van der Waals surface area contributed by atoms with Crippen LogP contribution in [0.25, 0.3) is 6.08 Å². The summed E-state index contributed by atoms with van der Waals surface area (Å²) in [7, 11) is 0. The van der Waals surface area contributed by atoms with E-state index >= 15 is 0 Å². The first kappa shape index (κ1) is 17.8. The average Bonchev–Trinajstić information content (AvgIpc) is 3.35. The van der Waals surface area contributed by atoms with Gasteiger partial charge in [0.05, 0.1) is 16.9 Å². The summed E-state index contributed by atoms with van der Waals surface area (Å²) in [5, 5.41) is 3.29. The number of thioether (sulfide) groups is 1. The van der Waals surface area contributed by atoms with Gasteiger partial charge >= 0.3 is 5.97 Å². The Morgan fingerprint density at radius 3 is 2.54 bits per heavy atom. The van der Waals surface area contributed by atoms with Gasteiger partial charge in [-0.15, -0.1) is 0 Å². The number of aliphatic imine (C=N–C) groups is 1. The van der Waals surface area contributed by atoms with Gasteiger partial charge in [0.15, 0.2) is 5.17 Å². The number of hydrogen-bond acceptors (Lipinski definition) is 6. The summed E-state index contributed by atoms with van der Waals surface area (Å²) < 4.78 is 10.2. The number of carbonyl (C=O) groups excluding carboxylic acids is 2. The van der Waals surface area contributed by atoms with Crippen LogP contribution in [-0.4, -0.2) is 17.0 Å². The second-order valence-electron chi connectivity index (χ2n) is 5.75. The zero-order chi connectivity index (χ0) is 19.3. The minimum absolute atomic E-state index is 0.135. The lowest BCUT2D eigenvalue weighted by atomic mass is 10.2. The van der Waals surface area contributed by atoms with Crippen LogP contribution in [0.5, 0.6) is 5.75 Å². The first-order valence-corrected chi connectivity index (χ1v) is 9.19. The normalized spacial score (nSPS) is 16.4. The van der Waals surface area contributed by atoms with E-state index in [1.807, 2.05) is 30.3 Å². The maximum Gasteiger partial charge on any atom is 0.379 e. The number of carbonyl (C=O) groups is 2. The van der Waals surface area contributed by atoms with Gasteiger partial charge in [-0.25, -0.2) is 9.79 Å². The zero-order valence-electron chi connectivity index (χ0n) is 14.5. The number of amidine groups is 1. The lowest BCUT2D eigenvalue weighted by molar-refractivity contribution is -0.115. The molecule has 1 N–H and O–H groups in total. The Hall–Kier alpha value is -3.58. The minimum Gasteiger partial charge on any atom is -0.457 e.